The molecule has 0 spiro atoms. The van der Waals surface area contributed by atoms with Crippen LogP contribution in [0.2, 0.25) is 0 Å². The van der Waals surface area contributed by atoms with E-state index in [-0.39, 0.29) is 29.8 Å². The topological polar surface area (TPSA) is 77.2 Å². The normalized spacial score (nSPS) is 20.9. The Hall–Kier alpha value is -2.68. The van der Waals surface area contributed by atoms with Crippen LogP contribution in [-0.4, -0.2) is 78.5 Å². The van der Waals surface area contributed by atoms with E-state index in [1.54, 1.807) is 6.08 Å². The van der Waals surface area contributed by atoms with Crippen LogP contribution in [0, 0.1) is 5.92 Å². The van der Waals surface area contributed by atoms with E-state index in [4.69, 9.17) is 4.84 Å². The van der Waals surface area contributed by atoms with Gasteiger partial charge in [0.1, 0.15) is 17.8 Å². The van der Waals surface area contributed by atoms with E-state index >= 15 is 0 Å². The Morgan fingerprint density at radius 2 is 2.09 bits per heavy atom. The highest BCUT2D eigenvalue weighted by Crippen LogP contribution is 2.26. The van der Waals surface area contributed by atoms with E-state index in [9.17, 15) is 9.59 Å². The van der Waals surface area contributed by atoms with Gasteiger partial charge >= 0.3 is 0 Å². The largest absolute Gasteiger partial charge is 0.367 e. The van der Waals surface area contributed by atoms with Gasteiger partial charge in [-0.2, -0.15) is 0 Å². The number of carbonyl (C=O) groups is 2. The summed E-state index contributed by atoms with van der Waals surface area (Å²) in [7, 11) is 1.91. The third kappa shape index (κ3) is 6.51. The summed E-state index contributed by atoms with van der Waals surface area (Å²) in [6, 6.07) is 0. The molecule has 3 rings (SSSR count). The number of ketones is 2. The minimum Gasteiger partial charge on any atom is -0.367 e. The molecule has 0 radical (unpaired) electrons. The van der Waals surface area contributed by atoms with Crippen LogP contribution in [0.25, 0.3) is 0 Å². The van der Waals surface area contributed by atoms with Crippen molar-refractivity contribution >= 4 is 11.6 Å². The monoisotopic (exact) mass is 483 g/mol. The fraction of sp³-hybridized carbons (Fsp3) is 0.556. The number of hydrogen-bond donors (Lipinski definition) is 2. The van der Waals surface area contributed by atoms with E-state index in [0.29, 0.717) is 32.6 Å². The molecule has 0 aromatic carbocycles. The predicted octanol–water partition coefficient (Wildman–Crippen LogP) is 2.70. The van der Waals surface area contributed by atoms with E-state index in [2.05, 4.69) is 40.0 Å². The number of carbonyl (C=O) groups excluding carboxylic acids is 2. The van der Waals surface area contributed by atoms with Crippen molar-refractivity contribution in [1.29, 1.82) is 0 Å². The summed E-state index contributed by atoms with van der Waals surface area (Å²) in [5.41, 5.74) is 2.68. The SMILES string of the molecule is C=CC1=C(N(CCC)C2=CC(NC)N(OC(C)C)C=C2)NCC(C(=O)CN2CC(C(=O)CC)C2)=C1. The number of hydrogen-bond acceptors (Lipinski definition) is 8. The molecular weight excluding hydrogens is 442 g/mol. The quantitative estimate of drug-likeness (QED) is 0.414. The Kier molecular flexibility index (Phi) is 9.48. The van der Waals surface area contributed by atoms with Crippen molar-refractivity contribution < 1.29 is 14.4 Å². The van der Waals surface area contributed by atoms with Crippen molar-refractivity contribution in [3.63, 3.8) is 0 Å². The first-order chi connectivity index (χ1) is 16.8. The van der Waals surface area contributed by atoms with Crippen molar-refractivity contribution in [2.45, 2.75) is 52.8 Å². The highest BCUT2D eigenvalue weighted by atomic mass is 16.7. The minimum absolute atomic E-state index is 0.0719. The lowest BCUT2D eigenvalue weighted by Crippen LogP contribution is -2.52. The first kappa shape index (κ1) is 26.9. The second-order valence-electron chi connectivity index (χ2n) is 9.47. The molecule has 0 aromatic heterocycles. The maximum atomic E-state index is 13.0. The Bertz CT molecular complexity index is 927. The van der Waals surface area contributed by atoms with Crippen LogP contribution >= 0.6 is 0 Å². The zero-order valence-electron chi connectivity index (χ0n) is 21.8. The van der Waals surface area contributed by atoms with Gasteiger partial charge < -0.3 is 10.2 Å². The van der Waals surface area contributed by atoms with Crippen LogP contribution in [0.1, 0.15) is 40.5 Å². The maximum absolute atomic E-state index is 13.0. The first-order valence-electron chi connectivity index (χ1n) is 12.7. The minimum atomic E-state index is -0.0965. The summed E-state index contributed by atoms with van der Waals surface area (Å²) in [5, 5.41) is 8.59. The zero-order chi connectivity index (χ0) is 25.5. The predicted molar refractivity (Wildman–Crippen MR) is 139 cm³/mol. The maximum Gasteiger partial charge on any atom is 0.174 e. The Morgan fingerprint density at radius 3 is 2.69 bits per heavy atom. The number of hydroxylamine groups is 2. The van der Waals surface area contributed by atoms with E-state index in [0.717, 1.165) is 35.6 Å². The van der Waals surface area contributed by atoms with Gasteiger partial charge in [0.2, 0.25) is 0 Å². The highest BCUT2D eigenvalue weighted by molar-refractivity contribution is 5.98. The molecule has 0 aliphatic carbocycles. The molecule has 0 bridgehead atoms. The van der Waals surface area contributed by atoms with Crippen molar-refractivity contribution in [3.05, 3.63) is 59.7 Å². The molecule has 0 aromatic rings. The average molecular weight is 484 g/mol. The second kappa shape index (κ2) is 12.3. The van der Waals surface area contributed by atoms with Gasteiger partial charge in [-0.3, -0.25) is 24.6 Å². The molecule has 1 saturated heterocycles. The lowest BCUT2D eigenvalue weighted by molar-refractivity contribution is -0.174. The molecule has 1 fully saturated rings. The molecule has 0 amide bonds. The fourth-order valence-electron chi connectivity index (χ4n) is 4.53. The molecule has 2 N–H and O–H groups in total. The number of likely N-dealkylation sites (tertiary alicyclic amines) is 1. The van der Waals surface area contributed by atoms with Crippen LogP contribution < -0.4 is 10.6 Å². The number of nitrogens with zero attached hydrogens (tertiary/aromatic N) is 3. The number of dihydropyridines is 1. The van der Waals surface area contributed by atoms with E-state index < -0.39 is 0 Å². The van der Waals surface area contributed by atoms with Gasteiger partial charge in [0, 0.05) is 61.6 Å². The summed E-state index contributed by atoms with van der Waals surface area (Å²) in [6.45, 7) is 15.1. The van der Waals surface area contributed by atoms with Gasteiger partial charge in [-0.15, -0.1) is 0 Å². The van der Waals surface area contributed by atoms with Crippen LogP contribution in [-0.2, 0) is 14.4 Å². The second-order valence-corrected chi connectivity index (χ2v) is 9.47. The zero-order valence-corrected chi connectivity index (χ0v) is 21.8. The number of likely N-dealkylation sites (N-methyl/N-ethyl adjacent to an activating group) is 1. The smallest absolute Gasteiger partial charge is 0.174 e. The molecule has 1 atom stereocenters. The number of rotatable bonds is 13. The number of allylic oxidation sites excluding steroid dienone is 4. The van der Waals surface area contributed by atoms with Gasteiger partial charge in [0.05, 0.1) is 12.6 Å². The summed E-state index contributed by atoms with van der Waals surface area (Å²) in [6.07, 6.45) is 11.4. The molecule has 3 aliphatic heterocycles. The average Bonchev–Trinajstić information content (AvgIpc) is 2.83. The third-order valence-electron chi connectivity index (χ3n) is 6.41. The summed E-state index contributed by atoms with van der Waals surface area (Å²) in [5.74, 6) is 1.41. The molecule has 3 aliphatic rings. The number of Topliss-reactive ketones (excluding diaryl/α,β-unsaturated/α-hetero) is 2. The van der Waals surface area contributed by atoms with Crippen LogP contribution in [0.5, 0.6) is 0 Å². The van der Waals surface area contributed by atoms with E-state index in [1.807, 2.05) is 51.2 Å². The fourth-order valence-corrected chi connectivity index (χ4v) is 4.53. The number of nitrogens with one attached hydrogen (secondary N) is 2. The standard InChI is InChI=1S/C27H41N5O3/c1-7-11-31(23-10-12-32(35-19(4)5)26(14-23)28-6)27-20(8-2)13-21(15-29-27)25(34)18-30-16-22(17-30)24(33)9-3/h8,10,12-14,19,22,26,28-29H,2,7,9,11,15-18H2,1,3-6H3. The Morgan fingerprint density at radius 1 is 1.34 bits per heavy atom. The molecule has 0 saturated carbocycles. The molecule has 3 heterocycles. The molecule has 1 unspecified atom stereocenters. The Balaban J connectivity index is 1.76. The molecule has 35 heavy (non-hydrogen) atoms. The van der Waals surface area contributed by atoms with Gasteiger partial charge in [-0.05, 0) is 45.5 Å². The Labute approximate surface area is 210 Å². The van der Waals surface area contributed by atoms with Crippen molar-refractivity contribution in [3.8, 4) is 0 Å². The van der Waals surface area contributed by atoms with Crippen molar-refractivity contribution in [2.75, 3.05) is 39.8 Å². The summed E-state index contributed by atoms with van der Waals surface area (Å²) in [4.78, 5) is 35.0. The molecule has 192 valence electrons. The van der Waals surface area contributed by atoms with Crippen molar-refractivity contribution in [2.24, 2.45) is 5.92 Å². The van der Waals surface area contributed by atoms with Crippen LogP contribution in [0.15, 0.2) is 59.7 Å². The van der Waals surface area contributed by atoms with Gasteiger partial charge in [0.25, 0.3) is 0 Å². The van der Waals surface area contributed by atoms with E-state index in [1.165, 1.54) is 0 Å². The first-order valence-corrected chi connectivity index (χ1v) is 12.7. The lowest BCUT2D eigenvalue weighted by atomic mass is 9.92. The lowest BCUT2D eigenvalue weighted by Gasteiger charge is -2.38. The van der Waals surface area contributed by atoms with Crippen LogP contribution in [0.3, 0.4) is 0 Å². The van der Waals surface area contributed by atoms with Gasteiger partial charge in [0.15, 0.2) is 5.78 Å². The summed E-state index contributed by atoms with van der Waals surface area (Å²) < 4.78 is 0. The van der Waals surface area contributed by atoms with Crippen molar-refractivity contribution in [1.82, 2.24) is 25.5 Å². The van der Waals surface area contributed by atoms with Gasteiger partial charge in [-0.25, -0.2) is 5.06 Å². The van der Waals surface area contributed by atoms with Gasteiger partial charge in [-0.1, -0.05) is 26.5 Å². The molecule has 8 nitrogen and oxygen atoms in total. The molecular formula is C27H41N5O3. The molecule has 8 heteroatoms. The third-order valence-corrected chi connectivity index (χ3v) is 6.41. The van der Waals surface area contributed by atoms with Crippen LogP contribution in [0.4, 0.5) is 0 Å². The highest BCUT2D eigenvalue weighted by Gasteiger charge is 2.33. The summed E-state index contributed by atoms with van der Waals surface area (Å²) >= 11 is 0.